The highest BCUT2D eigenvalue weighted by molar-refractivity contribution is 7.16. The summed E-state index contributed by atoms with van der Waals surface area (Å²) >= 11 is 6.92. The van der Waals surface area contributed by atoms with Gasteiger partial charge in [0, 0.05) is 5.92 Å². The van der Waals surface area contributed by atoms with Crippen molar-refractivity contribution in [3.63, 3.8) is 0 Å². The third kappa shape index (κ3) is 2.62. The molecule has 0 bridgehead atoms. The van der Waals surface area contributed by atoms with E-state index in [1.165, 1.54) is 11.3 Å². The van der Waals surface area contributed by atoms with Gasteiger partial charge in [0.05, 0.1) is 9.21 Å². The van der Waals surface area contributed by atoms with E-state index in [4.69, 9.17) is 17.3 Å². The lowest BCUT2D eigenvalue weighted by atomic mass is 10.4. The number of hydrogen-bond donors (Lipinski definition) is 1. The monoisotopic (exact) mass is 185 g/mol. The standard InChI is InChI=1S/C7H4ClNOS/c8-6-3-1-5(11-6)2-4-7(9)10/h1,3H,(H2,9,10). The molecule has 11 heavy (non-hydrogen) atoms. The molecule has 4 heteroatoms. The number of carbonyl (C=O) groups is 1. The summed E-state index contributed by atoms with van der Waals surface area (Å²) in [6, 6.07) is 3.46. The van der Waals surface area contributed by atoms with E-state index < -0.39 is 5.91 Å². The van der Waals surface area contributed by atoms with Crippen LogP contribution in [0, 0.1) is 11.8 Å². The van der Waals surface area contributed by atoms with Crippen molar-refractivity contribution in [2.24, 2.45) is 5.73 Å². The average molecular weight is 186 g/mol. The molecule has 0 radical (unpaired) electrons. The second kappa shape index (κ2) is 3.42. The van der Waals surface area contributed by atoms with E-state index in [9.17, 15) is 4.79 Å². The zero-order valence-corrected chi connectivity index (χ0v) is 7.00. The molecule has 1 heterocycles. The van der Waals surface area contributed by atoms with Crippen LogP contribution >= 0.6 is 22.9 Å². The van der Waals surface area contributed by atoms with Crippen LogP contribution in [0.5, 0.6) is 0 Å². The van der Waals surface area contributed by atoms with Crippen molar-refractivity contribution < 1.29 is 4.79 Å². The van der Waals surface area contributed by atoms with Crippen molar-refractivity contribution in [1.82, 2.24) is 0 Å². The molecule has 0 aliphatic carbocycles. The number of nitrogens with two attached hydrogens (primary N) is 1. The van der Waals surface area contributed by atoms with Crippen LogP contribution in [0.25, 0.3) is 0 Å². The van der Waals surface area contributed by atoms with Gasteiger partial charge in [-0.3, -0.25) is 4.79 Å². The molecule has 0 unspecified atom stereocenters. The molecule has 0 saturated carbocycles. The van der Waals surface area contributed by atoms with Gasteiger partial charge in [0.15, 0.2) is 0 Å². The van der Waals surface area contributed by atoms with Crippen LogP contribution < -0.4 is 5.73 Å². The predicted octanol–water partition coefficient (Wildman–Crippen LogP) is 1.24. The first-order valence-corrected chi connectivity index (χ1v) is 3.95. The largest absolute Gasteiger partial charge is 0.359 e. The van der Waals surface area contributed by atoms with Crippen molar-refractivity contribution in [3.8, 4) is 11.8 Å². The first-order chi connectivity index (χ1) is 5.18. The van der Waals surface area contributed by atoms with Gasteiger partial charge in [-0.2, -0.15) is 0 Å². The Hall–Kier alpha value is -0.980. The molecular weight excluding hydrogens is 182 g/mol. The van der Waals surface area contributed by atoms with Crippen molar-refractivity contribution in [3.05, 3.63) is 21.3 Å². The second-order valence-corrected chi connectivity index (χ2v) is 3.43. The van der Waals surface area contributed by atoms with Crippen LogP contribution in [0.3, 0.4) is 0 Å². The van der Waals surface area contributed by atoms with Gasteiger partial charge in [-0.25, -0.2) is 0 Å². The maximum atomic E-state index is 10.2. The van der Waals surface area contributed by atoms with Crippen LogP contribution in [0.1, 0.15) is 4.88 Å². The Morgan fingerprint density at radius 3 is 2.82 bits per heavy atom. The Morgan fingerprint density at radius 2 is 2.36 bits per heavy atom. The third-order valence-electron chi connectivity index (χ3n) is 0.882. The highest BCUT2D eigenvalue weighted by atomic mass is 35.5. The third-order valence-corrected chi connectivity index (χ3v) is 2.03. The summed E-state index contributed by atoms with van der Waals surface area (Å²) in [5.74, 6) is 4.16. The Bertz CT molecular complexity index is 334. The summed E-state index contributed by atoms with van der Waals surface area (Å²) in [6.07, 6.45) is 0. The lowest BCUT2D eigenvalue weighted by molar-refractivity contribution is -0.112. The minimum absolute atomic E-state index is 0.630. The van der Waals surface area contributed by atoms with E-state index in [1.54, 1.807) is 12.1 Å². The molecular formula is C7H4ClNOS. The quantitative estimate of drug-likeness (QED) is 0.608. The number of halogens is 1. The molecule has 0 aromatic carbocycles. The van der Waals surface area contributed by atoms with Gasteiger partial charge < -0.3 is 5.73 Å². The smallest absolute Gasteiger partial charge is 0.293 e. The predicted molar refractivity (Wildman–Crippen MR) is 45.4 cm³/mol. The summed E-state index contributed by atoms with van der Waals surface area (Å²) in [4.78, 5) is 10.9. The lowest BCUT2D eigenvalue weighted by Gasteiger charge is -1.74. The van der Waals surface area contributed by atoms with Gasteiger partial charge in [0.1, 0.15) is 0 Å². The molecule has 2 nitrogen and oxygen atoms in total. The van der Waals surface area contributed by atoms with E-state index in [2.05, 4.69) is 11.8 Å². The van der Waals surface area contributed by atoms with Gasteiger partial charge in [-0.05, 0) is 18.1 Å². The zero-order valence-electron chi connectivity index (χ0n) is 5.43. The molecule has 0 aliphatic heterocycles. The van der Waals surface area contributed by atoms with Gasteiger partial charge in [-0.15, -0.1) is 11.3 Å². The molecule has 1 rings (SSSR count). The number of hydrogen-bond acceptors (Lipinski definition) is 2. The minimum atomic E-state index is -0.630. The highest BCUT2D eigenvalue weighted by Gasteiger charge is 1.92. The van der Waals surface area contributed by atoms with Crippen molar-refractivity contribution in [2.45, 2.75) is 0 Å². The average Bonchev–Trinajstić information content (AvgIpc) is 2.31. The lowest BCUT2D eigenvalue weighted by Crippen LogP contribution is -2.05. The molecule has 0 aliphatic rings. The Balaban J connectivity index is 2.82. The van der Waals surface area contributed by atoms with E-state index in [1.807, 2.05) is 0 Å². The Morgan fingerprint density at radius 1 is 1.64 bits per heavy atom. The van der Waals surface area contributed by atoms with Gasteiger partial charge >= 0.3 is 0 Å². The SMILES string of the molecule is NC(=O)C#Cc1ccc(Cl)s1. The van der Waals surface area contributed by atoms with Crippen LogP contribution in [0.2, 0.25) is 4.34 Å². The van der Waals surface area contributed by atoms with E-state index in [0.717, 1.165) is 4.88 Å². The Labute approximate surface area is 73.0 Å². The van der Waals surface area contributed by atoms with Crippen LogP contribution in [-0.4, -0.2) is 5.91 Å². The minimum Gasteiger partial charge on any atom is -0.359 e. The Kier molecular flexibility index (Phi) is 2.53. The molecule has 0 fully saturated rings. The number of amides is 1. The second-order valence-electron chi connectivity index (χ2n) is 1.72. The van der Waals surface area contributed by atoms with Gasteiger partial charge in [0.2, 0.25) is 0 Å². The fourth-order valence-corrected chi connectivity index (χ4v) is 1.40. The first kappa shape index (κ1) is 8.12. The highest BCUT2D eigenvalue weighted by Crippen LogP contribution is 2.19. The topological polar surface area (TPSA) is 43.1 Å². The number of rotatable bonds is 0. The van der Waals surface area contributed by atoms with E-state index in [0.29, 0.717) is 4.34 Å². The van der Waals surface area contributed by atoms with Crippen molar-refractivity contribution >= 4 is 28.8 Å². The number of thiophene rings is 1. The van der Waals surface area contributed by atoms with E-state index >= 15 is 0 Å². The summed E-state index contributed by atoms with van der Waals surface area (Å²) in [6.45, 7) is 0. The molecule has 0 saturated heterocycles. The summed E-state index contributed by atoms with van der Waals surface area (Å²) < 4.78 is 0.652. The first-order valence-electron chi connectivity index (χ1n) is 2.75. The maximum absolute atomic E-state index is 10.2. The van der Waals surface area contributed by atoms with Crippen LogP contribution in [0.15, 0.2) is 12.1 Å². The number of carbonyl (C=O) groups excluding carboxylic acids is 1. The molecule has 2 N–H and O–H groups in total. The van der Waals surface area contributed by atoms with Crippen molar-refractivity contribution in [1.29, 1.82) is 0 Å². The summed E-state index contributed by atoms with van der Waals surface area (Å²) in [5.41, 5.74) is 4.81. The molecule has 1 amide bonds. The molecule has 0 spiro atoms. The van der Waals surface area contributed by atoms with Gasteiger partial charge in [0.25, 0.3) is 5.91 Å². The number of primary amides is 1. The maximum Gasteiger partial charge on any atom is 0.293 e. The molecule has 1 aromatic heterocycles. The molecule has 0 atom stereocenters. The fraction of sp³-hybridized carbons (Fsp3) is 0. The van der Waals surface area contributed by atoms with Crippen LogP contribution in [0.4, 0.5) is 0 Å². The summed E-state index contributed by atoms with van der Waals surface area (Å²) in [5, 5.41) is 0. The molecule has 56 valence electrons. The fourth-order valence-electron chi connectivity index (χ4n) is 0.505. The molecule has 1 aromatic rings. The normalized spacial score (nSPS) is 8.45. The van der Waals surface area contributed by atoms with Crippen LogP contribution in [-0.2, 0) is 4.79 Å². The van der Waals surface area contributed by atoms with E-state index in [-0.39, 0.29) is 0 Å². The zero-order chi connectivity index (χ0) is 8.27. The van der Waals surface area contributed by atoms with Gasteiger partial charge in [-0.1, -0.05) is 11.6 Å². The summed E-state index contributed by atoms with van der Waals surface area (Å²) in [7, 11) is 0. The van der Waals surface area contributed by atoms with Crippen molar-refractivity contribution in [2.75, 3.05) is 0 Å².